The number of nitrogens with one attached hydrogen (secondary N) is 1. The first-order valence-electron chi connectivity index (χ1n) is 6.71. The summed E-state index contributed by atoms with van der Waals surface area (Å²) in [5.41, 5.74) is 3.87. The maximum atomic E-state index is 5.75. The Bertz CT molecular complexity index is 375. The van der Waals surface area contributed by atoms with E-state index < -0.39 is 0 Å². The molecule has 0 spiro atoms. The molecule has 1 atom stereocenters. The van der Waals surface area contributed by atoms with E-state index in [-0.39, 0.29) is 6.04 Å². The van der Waals surface area contributed by atoms with Crippen LogP contribution in [-0.2, 0) is 0 Å². The van der Waals surface area contributed by atoms with Crippen LogP contribution in [0.3, 0.4) is 0 Å². The Morgan fingerprint density at radius 1 is 1.39 bits per heavy atom. The van der Waals surface area contributed by atoms with Crippen molar-refractivity contribution in [3.8, 4) is 5.75 Å². The number of hydrazine groups is 1. The molecule has 1 fully saturated rings. The average Bonchev–Trinajstić information content (AvgIpc) is 2.42. The highest BCUT2D eigenvalue weighted by Crippen LogP contribution is 2.38. The molecule has 1 aliphatic carbocycles. The molecule has 1 saturated carbocycles. The van der Waals surface area contributed by atoms with Gasteiger partial charge in [0.05, 0.1) is 13.2 Å². The van der Waals surface area contributed by atoms with Gasteiger partial charge in [0.15, 0.2) is 0 Å². The lowest BCUT2D eigenvalue weighted by Crippen LogP contribution is -2.36. The molecule has 3 N–H and O–H groups in total. The predicted molar refractivity (Wildman–Crippen MR) is 72.0 cm³/mol. The second kappa shape index (κ2) is 6.16. The Balaban J connectivity index is 2.17. The van der Waals surface area contributed by atoms with Crippen LogP contribution in [0.5, 0.6) is 5.75 Å². The summed E-state index contributed by atoms with van der Waals surface area (Å²) in [6, 6.07) is 3.92. The van der Waals surface area contributed by atoms with E-state index in [0.29, 0.717) is 5.92 Å². The summed E-state index contributed by atoms with van der Waals surface area (Å²) < 4.78 is 5.38. The topological polar surface area (TPSA) is 60.2 Å². The monoisotopic (exact) mass is 249 g/mol. The molecule has 1 aromatic heterocycles. The average molecular weight is 249 g/mol. The van der Waals surface area contributed by atoms with Crippen LogP contribution >= 0.6 is 0 Å². The maximum absolute atomic E-state index is 5.75. The van der Waals surface area contributed by atoms with Gasteiger partial charge in [-0.25, -0.2) is 0 Å². The van der Waals surface area contributed by atoms with Crippen molar-refractivity contribution in [1.82, 2.24) is 10.4 Å². The Morgan fingerprint density at radius 2 is 2.11 bits per heavy atom. The van der Waals surface area contributed by atoms with E-state index in [0.717, 1.165) is 17.4 Å². The molecule has 0 radical (unpaired) electrons. The van der Waals surface area contributed by atoms with Gasteiger partial charge in [0.25, 0.3) is 0 Å². The second-order valence-corrected chi connectivity index (χ2v) is 5.26. The molecular formula is C14H23N3O. The van der Waals surface area contributed by atoms with Crippen molar-refractivity contribution in [1.29, 1.82) is 0 Å². The highest BCUT2D eigenvalue weighted by molar-refractivity contribution is 5.30. The van der Waals surface area contributed by atoms with Crippen molar-refractivity contribution < 1.29 is 4.74 Å². The number of aromatic nitrogens is 1. The first-order chi connectivity index (χ1) is 8.76. The van der Waals surface area contributed by atoms with Gasteiger partial charge in [0.2, 0.25) is 0 Å². The SMILES string of the molecule is COc1cccnc1C(NN)C1CCC(C)CC1. The number of methoxy groups -OCH3 is 1. The minimum absolute atomic E-state index is 0.0913. The van der Waals surface area contributed by atoms with Crippen LogP contribution in [0.4, 0.5) is 0 Å². The fourth-order valence-corrected chi connectivity index (χ4v) is 2.87. The van der Waals surface area contributed by atoms with Crippen LogP contribution in [0.2, 0.25) is 0 Å². The molecule has 4 heteroatoms. The largest absolute Gasteiger partial charge is 0.495 e. The first-order valence-corrected chi connectivity index (χ1v) is 6.71. The molecule has 0 amide bonds. The van der Waals surface area contributed by atoms with Crippen molar-refractivity contribution in [2.24, 2.45) is 17.7 Å². The normalized spacial score (nSPS) is 25.7. The second-order valence-electron chi connectivity index (χ2n) is 5.26. The zero-order valence-corrected chi connectivity index (χ0v) is 11.2. The van der Waals surface area contributed by atoms with Gasteiger partial charge in [-0.2, -0.15) is 0 Å². The Hall–Kier alpha value is -1.13. The lowest BCUT2D eigenvalue weighted by atomic mass is 9.78. The predicted octanol–water partition coefficient (Wildman–Crippen LogP) is 2.42. The Kier molecular flexibility index (Phi) is 4.55. The van der Waals surface area contributed by atoms with E-state index in [4.69, 9.17) is 10.6 Å². The van der Waals surface area contributed by atoms with Gasteiger partial charge in [0, 0.05) is 6.20 Å². The quantitative estimate of drug-likeness (QED) is 0.635. The van der Waals surface area contributed by atoms with E-state index in [1.165, 1.54) is 25.7 Å². The van der Waals surface area contributed by atoms with E-state index in [1.54, 1.807) is 13.3 Å². The van der Waals surface area contributed by atoms with Gasteiger partial charge in [-0.1, -0.05) is 19.8 Å². The molecule has 0 aliphatic heterocycles. The first kappa shape index (κ1) is 13.3. The van der Waals surface area contributed by atoms with Gasteiger partial charge in [-0.05, 0) is 36.8 Å². The molecule has 18 heavy (non-hydrogen) atoms. The van der Waals surface area contributed by atoms with Crippen molar-refractivity contribution >= 4 is 0 Å². The molecule has 2 rings (SSSR count). The number of pyridine rings is 1. The van der Waals surface area contributed by atoms with Gasteiger partial charge in [0.1, 0.15) is 11.4 Å². The molecule has 1 unspecified atom stereocenters. The number of rotatable bonds is 4. The fraction of sp³-hybridized carbons (Fsp3) is 0.643. The van der Waals surface area contributed by atoms with Crippen molar-refractivity contribution in [2.45, 2.75) is 38.6 Å². The summed E-state index contributed by atoms with van der Waals surface area (Å²) in [6.07, 6.45) is 6.76. The minimum atomic E-state index is 0.0913. The lowest BCUT2D eigenvalue weighted by molar-refractivity contribution is 0.226. The molecular weight excluding hydrogens is 226 g/mol. The van der Waals surface area contributed by atoms with Crippen molar-refractivity contribution in [3.05, 3.63) is 24.0 Å². The highest BCUT2D eigenvalue weighted by Gasteiger charge is 2.29. The number of ether oxygens (including phenoxy) is 1. The van der Waals surface area contributed by atoms with E-state index >= 15 is 0 Å². The zero-order valence-electron chi connectivity index (χ0n) is 11.2. The Labute approximate surface area is 109 Å². The number of nitrogens with two attached hydrogens (primary N) is 1. The van der Waals surface area contributed by atoms with Crippen molar-refractivity contribution in [2.75, 3.05) is 7.11 Å². The summed E-state index contributed by atoms with van der Waals surface area (Å²) in [7, 11) is 1.68. The standard InChI is InChI=1S/C14H23N3O/c1-10-5-7-11(8-6-10)13(17-15)14-12(18-2)4-3-9-16-14/h3-4,9-11,13,17H,5-8,15H2,1-2H3. The Morgan fingerprint density at radius 3 is 2.72 bits per heavy atom. The van der Waals surface area contributed by atoms with E-state index in [2.05, 4.69) is 17.3 Å². The van der Waals surface area contributed by atoms with Gasteiger partial charge >= 0.3 is 0 Å². The summed E-state index contributed by atoms with van der Waals surface area (Å²) in [5, 5.41) is 0. The molecule has 1 heterocycles. The minimum Gasteiger partial charge on any atom is -0.495 e. The number of hydrogen-bond acceptors (Lipinski definition) is 4. The van der Waals surface area contributed by atoms with Crippen LogP contribution in [-0.4, -0.2) is 12.1 Å². The zero-order chi connectivity index (χ0) is 13.0. The highest BCUT2D eigenvalue weighted by atomic mass is 16.5. The van der Waals surface area contributed by atoms with Crippen LogP contribution in [0.15, 0.2) is 18.3 Å². The maximum Gasteiger partial charge on any atom is 0.142 e. The molecule has 0 bridgehead atoms. The van der Waals surface area contributed by atoms with Gasteiger partial charge < -0.3 is 4.74 Å². The van der Waals surface area contributed by atoms with Gasteiger partial charge in [-0.3, -0.25) is 16.3 Å². The number of hydrogen-bond donors (Lipinski definition) is 2. The van der Waals surface area contributed by atoms with Crippen molar-refractivity contribution in [3.63, 3.8) is 0 Å². The molecule has 0 saturated heterocycles. The third-order valence-corrected chi connectivity index (χ3v) is 4.03. The smallest absolute Gasteiger partial charge is 0.142 e. The van der Waals surface area contributed by atoms with Crippen LogP contribution in [0, 0.1) is 11.8 Å². The number of nitrogens with zero attached hydrogens (tertiary/aromatic N) is 1. The third-order valence-electron chi connectivity index (χ3n) is 4.03. The third kappa shape index (κ3) is 2.82. The summed E-state index contributed by atoms with van der Waals surface area (Å²) >= 11 is 0. The van der Waals surface area contributed by atoms with Crippen LogP contribution < -0.4 is 16.0 Å². The molecule has 0 aromatic carbocycles. The summed E-state index contributed by atoms with van der Waals surface area (Å²) in [6.45, 7) is 2.32. The fourth-order valence-electron chi connectivity index (χ4n) is 2.87. The van der Waals surface area contributed by atoms with Crippen LogP contribution in [0.1, 0.15) is 44.3 Å². The molecule has 100 valence electrons. The molecule has 1 aromatic rings. The van der Waals surface area contributed by atoms with E-state index in [9.17, 15) is 0 Å². The molecule has 1 aliphatic rings. The van der Waals surface area contributed by atoms with Crippen LogP contribution in [0.25, 0.3) is 0 Å². The van der Waals surface area contributed by atoms with Gasteiger partial charge in [-0.15, -0.1) is 0 Å². The summed E-state index contributed by atoms with van der Waals surface area (Å²) in [5.74, 6) is 7.96. The lowest BCUT2D eigenvalue weighted by Gasteiger charge is -2.32. The molecule has 4 nitrogen and oxygen atoms in total. The van der Waals surface area contributed by atoms with E-state index in [1.807, 2.05) is 12.1 Å². The summed E-state index contributed by atoms with van der Waals surface area (Å²) in [4.78, 5) is 4.45.